The van der Waals surface area contributed by atoms with Gasteiger partial charge in [0.15, 0.2) is 0 Å². The largest absolute Gasteiger partial charge is 0.456 e. The Morgan fingerprint density at radius 2 is 2.31 bits per heavy atom. The molecular formula is C11H15F2NO2. The highest BCUT2D eigenvalue weighted by atomic mass is 19.3. The molecule has 1 aliphatic heterocycles. The maximum Gasteiger partial charge on any atom is 0.377 e. The van der Waals surface area contributed by atoms with Gasteiger partial charge in [0.05, 0.1) is 6.42 Å². The predicted octanol–water partition coefficient (Wildman–Crippen LogP) is 1.33. The third-order valence-corrected chi connectivity index (χ3v) is 2.35. The number of hydrogen-bond acceptors (Lipinski definition) is 3. The third kappa shape index (κ3) is 3.78. The molecule has 1 saturated heterocycles. The first-order valence-corrected chi connectivity index (χ1v) is 5.29. The average molecular weight is 231 g/mol. The molecule has 16 heavy (non-hydrogen) atoms. The Hall–Kier alpha value is -1.15. The van der Waals surface area contributed by atoms with Crippen molar-refractivity contribution in [3.8, 4) is 12.3 Å². The van der Waals surface area contributed by atoms with E-state index in [0.717, 1.165) is 19.3 Å². The zero-order chi connectivity index (χ0) is 12.0. The van der Waals surface area contributed by atoms with Crippen LogP contribution in [0.2, 0.25) is 0 Å². The molecule has 1 atom stereocenters. The fourth-order valence-corrected chi connectivity index (χ4v) is 1.50. The van der Waals surface area contributed by atoms with E-state index in [1.807, 2.05) is 0 Å². The normalized spacial score (nSPS) is 22.8. The summed E-state index contributed by atoms with van der Waals surface area (Å²) in [5, 5.41) is 2.97. The lowest BCUT2D eigenvalue weighted by molar-refractivity contribution is -0.158. The molecule has 0 spiro atoms. The number of rotatable bonds is 6. The first-order valence-electron chi connectivity index (χ1n) is 5.29. The van der Waals surface area contributed by atoms with Crippen molar-refractivity contribution in [1.82, 2.24) is 5.32 Å². The number of cyclic esters (lactones) is 1. The van der Waals surface area contributed by atoms with Gasteiger partial charge in [0.25, 0.3) is 0 Å². The summed E-state index contributed by atoms with van der Waals surface area (Å²) in [4.78, 5) is 10.7. The molecule has 1 N–H and O–H groups in total. The molecule has 1 aliphatic rings. The summed E-state index contributed by atoms with van der Waals surface area (Å²) in [7, 11) is 0. The van der Waals surface area contributed by atoms with E-state index in [1.165, 1.54) is 0 Å². The number of carbonyl (C=O) groups excluding carboxylic acids is 1. The third-order valence-electron chi connectivity index (χ3n) is 2.35. The Labute approximate surface area is 93.5 Å². The van der Waals surface area contributed by atoms with Crippen LogP contribution in [0.1, 0.15) is 25.7 Å². The van der Waals surface area contributed by atoms with Crippen LogP contribution in [0.15, 0.2) is 0 Å². The molecule has 0 radical (unpaired) electrons. The van der Waals surface area contributed by atoms with Crippen molar-refractivity contribution >= 4 is 5.97 Å². The van der Waals surface area contributed by atoms with Gasteiger partial charge in [-0.3, -0.25) is 0 Å². The summed E-state index contributed by atoms with van der Waals surface area (Å²) in [5.41, 5.74) is 0. The van der Waals surface area contributed by atoms with E-state index < -0.39 is 24.4 Å². The molecule has 0 amide bonds. The number of unbranched alkanes of at least 4 members (excludes halogenated alkanes) is 2. The highest BCUT2D eigenvalue weighted by molar-refractivity contribution is 5.79. The van der Waals surface area contributed by atoms with E-state index >= 15 is 0 Å². The summed E-state index contributed by atoms with van der Waals surface area (Å²) in [6.07, 6.45) is 6.36. The van der Waals surface area contributed by atoms with Gasteiger partial charge in [-0.2, -0.15) is 8.78 Å². The van der Waals surface area contributed by atoms with Crippen molar-refractivity contribution in [3.63, 3.8) is 0 Å². The van der Waals surface area contributed by atoms with Gasteiger partial charge in [0.2, 0.25) is 0 Å². The molecule has 1 unspecified atom stereocenters. The number of alkyl halides is 2. The van der Waals surface area contributed by atoms with Gasteiger partial charge in [0.1, 0.15) is 6.10 Å². The molecule has 0 aliphatic carbocycles. The van der Waals surface area contributed by atoms with Crippen LogP contribution in [0.25, 0.3) is 0 Å². The van der Waals surface area contributed by atoms with Crippen LogP contribution >= 0.6 is 0 Å². The Morgan fingerprint density at radius 1 is 1.56 bits per heavy atom. The minimum Gasteiger partial charge on any atom is -0.456 e. The van der Waals surface area contributed by atoms with Gasteiger partial charge in [-0.05, 0) is 19.4 Å². The lowest BCUT2D eigenvalue weighted by atomic mass is 10.2. The Kier molecular flexibility index (Phi) is 4.69. The molecule has 0 aromatic rings. The highest BCUT2D eigenvalue weighted by Gasteiger charge is 2.50. The van der Waals surface area contributed by atoms with Crippen molar-refractivity contribution in [1.29, 1.82) is 0 Å². The zero-order valence-corrected chi connectivity index (χ0v) is 8.97. The van der Waals surface area contributed by atoms with Crippen molar-refractivity contribution < 1.29 is 18.3 Å². The zero-order valence-electron chi connectivity index (χ0n) is 8.97. The van der Waals surface area contributed by atoms with Gasteiger partial charge < -0.3 is 10.1 Å². The van der Waals surface area contributed by atoms with Gasteiger partial charge in [-0.15, -0.1) is 12.3 Å². The maximum atomic E-state index is 12.7. The number of ether oxygens (including phenoxy) is 1. The quantitative estimate of drug-likeness (QED) is 0.426. The number of terminal acetylenes is 1. The summed E-state index contributed by atoms with van der Waals surface area (Å²) in [5.74, 6) is -2.20. The molecule has 5 heteroatoms. The average Bonchev–Trinajstić information content (AvgIpc) is 2.47. The Morgan fingerprint density at radius 3 is 2.88 bits per heavy atom. The van der Waals surface area contributed by atoms with E-state index in [9.17, 15) is 13.6 Å². The van der Waals surface area contributed by atoms with Gasteiger partial charge in [-0.1, -0.05) is 0 Å². The van der Waals surface area contributed by atoms with E-state index in [0.29, 0.717) is 6.54 Å². The van der Waals surface area contributed by atoms with Crippen molar-refractivity contribution in [2.75, 3.05) is 13.1 Å². The number of halogens is 2. The second kappa shape index (κ2) is 5.80. The summed E-state index contributed by atoms with van der Waals surface area (Å²) in [6.45, 7) is 0.971. The molecule has 0 aromatic carbocycles. The molecule has 3 nitrogen and oxygen atoms in total. The van der Waals surface area contributed by atoms with Gasteiger partial charge in [-0.25, -0.2) is 4.79 Å². The van der Waals surface area contributed by atoms with E-state index in [4.69, 9.17) is 6.42 Å². The molecule has 0 aromatic heterocycles. The molecule has 0 saturated carbocycles. The second-order valence-corrected chi connectivity index (χ2v) is 3.80. The summed E-state index contributed by atoms with van der Waals surface area (Å²) < 4.78 is 30.0. The lowest BCUT2D eigenvalue weighted by Crippen LogP contribution is -2.27. The fourth-order valence-electron chi connectivity index (χ4n) is 1.50. The van der Waals surface area contributed by atoms with Crippen LogP contribution in [0.4, 0.5) is 8.78 Å². The first kappa shape index (κ1) is 12.9. The molecule has 0 bridgehead atoms. The molecule has 90 valence electrons. The van der Waals surface area contributed by atoms with Crippen molar-refractivity contribution in [3.05, 3.63) is 0 Å². The summed E-state index contributed by atoms with van der Waals surface area (Å²) >= 11 is 0. The lowest BCUT2D eigenvalue weighted by Gasteiger charge is -2.09. The van der Waals surface area contributed by atoms with Crippen molar-refractivity contribution in [2.45, 2.75) is 37.7 Å². The van der Waals surface area contributed by atoms with Crippen LogP contribution in [0.3, 0.4) is 0 Å². The number of carbonyl (C=O) groups is 1. The SMILES string of the molecule is C#CCCCCNCC1CC(F)(F)C(=O)O1. The van der Waals surface area contributed by atoms with Gasteiger partial charge >= 0.3 is 11.9 Å². The predicted molar refractivity (Wildman–Crippen MR) is 55.0 cm³/mol. The molecular weight excluding hydrogens is 216 g/mol. The highest BCUT2D eigenvalue weighted by Crippen LogP contribution is 2.30. The number of hydrogen-bond donors (Lipinski definition) is 1. The topological polar surface area (TPSA) is 38.3 Å². The minimum atomic E-state index is -3.31. The maximum absolute atomic E-state index is 12.7. The minimum absolute atomic E-state index is 0.275. The van der Waals surface area contributed by atoms with Gasteiger partial charge in [0, 0.05) is 13.0 Å². The Bertz CT molecular complexity index is 286. The monoisotopic (exact) mass is 231 g/mol. The number of esters is 1. The van der Waals surface area contributed by atoms with Crippen LogP contribution in [-0.2, 0) is 9.53 Å². The first-order chi connectivity index (χ1) is 7.56. The van der Waals surface area contributed by atoms with Crippen LogP contribution in [0, 0.1) is 12.3 Å². The second-order valence-electron chi connectivity index (χ2n) is 3.80. The molecule has 1 rings (SSSR count). The van der Waals surface area contributed by atoms with E-state index in [1.54, 1.807) is 0 Å². The van der Waals surface area contributed by atoms with Crippen LogP contribution in [-0.4, -0.2) is 31.1 Å². The fraction of sp³-hybridized carbons (Fsp3) is 0.727. The standard InChI is InChI=1S/C11H15F2NO2/c1-2-3-4-5-6-14-8-9-7-11(12,13)10(15)16-9/h1,9,14H,3-8H2. The van der Waals surface area contributed by atoms with E-state index in [-0.39, 0.29) is 6.54 Å². The van der Waals surface area contributed by atoms with Crippen LogP contribution in [0.5, 0.6) is 0 Å². The van der Waals surface area contributed by atoms with Crippen molar-refractivity contribution in [2.24, 2.45) is 0 Å². The smallest absolute Gasteiger partial charge is 0.377 e. The number of nitrogens with one attached hydrogen (secondary N) is 1. The molecule has 1 heterocycles. The summed E-state index contributed by atoms with van der Waals surface area (Å²) in [6, 6.07) is 0. The molecule has 1 fully saturated rings. The van der Waals surface area contributed by atoms with Crippen LogP contribution < -0.4 is 5.32 Å². The Balaban J connectivity index is 2.07. The van der Waals surface area contributed by atoms with E-state index in [2.05, 4.69) is 16.0 Å².